The van der Waals surface area contributed by atoms with E-state index in [1.807, 2.05) is 25.5 Å². The molecule has 0 spiro atoms. The number of aryl methyl sites for hydroxylation is 3. The van der Waals surface area contributed by atoms with Crippen LogP contribution in [0.25, 0.3) is 0 Å². The van der Waals surface area contributed by atoms with Crippen LogP contribution in [0.4, 0.5) is 0 Å². The van der Waals surface area contributed by atoms with Gasteiger partial charge in [0.1, 0.15) is 23.2 Å². The highest BCUT2D eigenvalue weighted by molar-refractivity contribution is 5.21. The Labute approximate surface area is 114 Å². The van der Waals surface area contributed by atoms with Gasteiger partial charge in [-0.3, -0.25) is 0 Å². The minimum absolute atomic E-state index is 0.453. The lowest BCUT2D eigenvalue weighted by Crippen LogP contribution is -2.21. The van der Waals surface area contributed by atoms with Crippen LogP contribution in [0.5, 0.6) is 0 Å². The van der Waals surface area contributed by atoms with Gasteiger partial charge in [0.2, 0.25) is 0 Å². The van der Waals surface area contributed by atoms with E-state index in [0.29, 0.717) is 12.6 Å². The van der Waals surface area contributed by atoms with Crippen LogP contribution in [0.3, 0.4) is 0 Å². The van der Waals surface area contributed by atoms with E-state index in [-0.39, 0.29) is 0 Å². The summed E-state index contributed by atoms with van der Waals surface area (Å²) in [5, 5.41) is 7.73. The number of hydrogen-bond acceptors (Lipinski definition) is 4. The zero-order valence-electron chi connectivity index (χ0n) is 12.3. The van der Waals surface area contributed by atoms with Crippen molar-refractivity contribution in [3.8, 4) is 0 Å². The van der Waals surface area contributed by atoms with Crippen LogP contribution < -0.4 is 5.32 Å². The molecule has 0 amide bonds. The van der Waals surface area contributed by atoms with Crippen molar-refractivity contribution in [2.24, 2.45) is 0 Å². The second kappa shape index (κ2) is 5.57. The van der Waals surface area contributed by atoms with Gasteiger partial charge in [0.15, 0.2) is 0 Å². The largest absolute Gasteiger partial charge is 0.465 e. The van der Waals surface area contributed by atoms with Crippen molar-refractivity contribution < 1.29 is 4.42 Å². The summed E-state index contributed by atoms with van der Waals surface area (Å²) in [5.74, 6) is 3.66. The molecule has 19 heavy (non-hydrogen) atoms. The number of hydrogen-bond donors (Lipinski definition) is 1. The quantitative estimate of drug-likeness (QED) is 0.898. The van der Waals surface area contributed by atoms with E-state index in [4.69, 9.17) is 4.42 Å². The highest BCUT2D eigenvalue weighted by Crippen LogP contribution is 2.16. The average molecular weight is 262 g/mol. The fourth-order valence-electron chi connectivity index (χ4n) is 2.01. The van der Waals surface area contributed by atoms with Gasteiger partial charge in [-0.25, -0.2) is 9.67 Å². The second-order valence-electron chi connectivity index (χ2n) is 5.19. The molecule has 2 rings (SSSR count). The monoisotopic (exact) mass is 262 g/mol. The number of nitrogens with zero attached hydrogens (tertiary/aromatic N) is 3. The zero-order chi connectivity index (χ0) is 14.0. The van der Waals surface area contributed by atoms with Crippen LogP contribution in [0.15, 0.2) is 10.5 Å². The van der Waals surface area contributed by atoms with Gasteiger partial charge in [-0.15, -0.1) is 0 Å². The molecule has 0 aromatic carbocycles. The molecule has 2 heterocycles. The van der Waals surface area contributed by atoms with Crippen LogP contribution in [0, 0.1) is 20.8 Å². The van der Waals surface area contributed by atoms with Crippen LogP contribution >= 0.6 is 0 Å². The summed E-state index contributed by atoms with van der Waals surface area (Å²) in [6, 6.07) is 2.55. The Bertz CT molecular complexity index is 554. The molecular formula is C14H22N4O. The third-order valence-corrected chi connectivity index (χ3v) is 3.04. The summed E-state index contributed by atoms with van der Waals surface area (Å²) in [5.41, 5.74) is 1.16. The molecule has 104 valence electrons. The summed E-state index contributed by atoms with van der Waals surface area (Å²) >= 11 is 0. The van der Waals surface area contributed by atoms with Crippen molar-refractivity contribution >= 4 is 0 Å². The van der Waals surface area contributed by atoms with Crippen molar-refractivity contribution in [1.29, 1.82) is 0 Å². The molecule has 0 saturated carbocycles. The van der Waals surface area contributed by atoms with Gasteiger partial charge in [0, 0.05) is 11.6 Å². The maximum atomic E-state index is 5.76. The standard InChI is InChI=1S/C14H22N4O/c1-9(2)15-7-14-6-13(10(3)19-14)8-18-12(5)16-11(4)17-18/h6,9,15H,7-8H2,1-5H3. The SMILES string of the molecule is Cc1nc(C)n(Cc2cc(CNC(C)C)oc2C)n1. The minimum atomic E-state index is 0.453. The second-order valence-corrected chi connectivity index (χ2v) is 5.19. The molecule has 2 aromatic heterocycles. The van der Waals surface area contributed by atoms with Crippen LogP contribution in [-0.2, 0) is 13.1 Å². The molecular weight excluding hydrogens is 240 g/mol. The van der Waals surface area contributed by atoms with Gasteiger partial charge < -0.3 is 9.73 Å². The highest BCUT2D eigenvalue weighted by Gasteiger charge is 2.10. The Morgan fingerprint density at radius 2 is 2.05 bits per heavy atom. The van der Waals surface area contributed by atoms with Crippen molar-refractivity contribution in [1.82, 2.24) is 20.1 Å². The van der Waals surface area contributed by atoms with E-state index in [1.165, 1.54) is 0 Å². The first-order valence-corrected chi connectivity index (χ1v) is 6.65. The maximum absolute atomic E-state index is 5.76. The van der Waals surface area contributed by atoms with Crippen LogP contribution in [0.2, 0.25) is 0 Å². The smallest absolute Gasteiger partial charge is 0.147 e. The third kappa shape index (κ3) is 3.44. The topological polar surface area (TPSA) is 55.9 Å². The Morgan fingerprint density at radius 1 is 1.32 bits per heavy atom. The molecule has 0 unspecified atom stereocenters. The van der Waals surface area contributed by atoms with Crippen LogP contribution in [0.1, 0.15) is 42.6 Å². The number of rotatable bonds is 5. The normalized spacial score (nSPS) is 11.5. The Kier molecular flexibility index (Phi) is 4.04. The molecule has 2 aromatic rings. The highest BCUT2D eigenvalue weighted by atomic mass is 16.3. The molecule has 5 nitrogen and oxygen atoms in total. The molecule has 0 aliphatic heterocycles. The van der Waals surface area contributed by atoms with Gasteiger partial charge in [-0.2, -0.15) is 5.10 Å². The summed E-state index contributed by atoms with van der Waals surface area (Å²) in [6.45, 7) is 11.6. The summed E-state index contributed by atoms with van der Waals surface area (Å²) in [7, 11) is 0. The predicted molar refractivity (Wildman–Crippen MR) is 74.0 cm³/mol. The Morgan fingerprint density at radius 3 is 2.63 bits per heavy atom. The summed E-state index contributed by atoms with van der Waals surface area (Å²) in [6.07, 6.45) is 0. The molecule has 0 atom stereocenters. The Hall–Kier alpha value is -1.62. The lowest BCUT2D eigenvalue weighted by Gasteiger charge is -2.04. The van der Waals surface area contributed by atoms with Crippen molar-refractivity contribution in [3.05, 3.63) is 34.8 Å². The van der Waals surface area contributed by atoms with Gasteiger partial charge >= 0.3 is 0 Å². The van der Waals surface area contributed by atoms with Crippen molar-refractivity contribution in [2.75, 3.05) is 0 Å². The first kappa shape index (κ1) is 13.8. The predicted octanol–water partition coefficient (Wildman–Crippen LogP) is 2.34. The molecule has 0 fully saturated rings. The molecule has 0 radical (unpaired) electrons. The number of furan rings is 1. The van der Waals surface area contributed by atoms with E-state index in [1.54, 1.807) is 0 Å². The third-order valence-electron chi connectivity index (χ3n) is 3.04. The zero-order valence-corrected chi connectivity index (χ0v) is 12.3. The summed E-state index contributed by atoms with van der Waals surface area (Å²) in [4.78, 5) is 4.31. The molecule has 0 aliphatic rings. The van der Waals surface area contributed by atoms with E-state index in [0.717, 1.165) is 35.3 Å². The first-order valence-electron chi connectivity index (χ1n) is 6.65. The van der Waals surface area contributed by atoms with E-state index in [2.05, 4.69) is 35.3 Å². The molecule has 5 heteroatoms. The fraction of sp³-hybridized carbons (Fsp3) is 0.571. The first-order chi connectivity index (χ1) is 8.95. The van der Waals surface area contributed by atoms with E-state index < -0.39 is 0 Å². The van der Waals surface area contributed by atoms with Gasteiger partial charge in [-0.05, 0) is 26.8 Å². The molecule has 0 bridgehead atoms. The van der Waals surface area contributed by atoms with Crippen molar-refractivity contribution in [2.45, 2.75) is 53.8 Å². The summed E-state index contributed by atoms with van der Waals surface area (Å²) < 4.78 is 7.67. The fourth-order valence-corrected chi connectivity index (χ4v) is 2.01. The average Bonchev–Trinajstić information content (AvgIpc) is 2.81. The molecule has 1 N–H and O–H groups in total. The lowest BCUT2D eigenvalue weighted by molar-refractivity contribution is 0.445. The van der Waals surface area contributed by atoms with E-state index in [9.17, 15) is 0 Å². The number of aromatic nitrogens is 3. The van der Waals surface area contributed by atoms with Crippen molar-refractivity contribution in [3.63, 3.8) is 0 Å². The lowest BCUT2D eigenvalue weighted by atomic mass is 10.2. The van der Waals surface area contributed by atoms with E-state index >= 15 is 0 Å². The molecule has 0 saturated heterocycles. The number of nitrogens with one attached hydrogen (secondary N) is 1. The van der Waals surface area contributed by atoms with Crippen LogP contribution in [-0.4, -0.2) is 20.8 Å². The molecule has 0 aliphatic carbocycles. The maximum Gasteiger partial charge on any atom is 0.147 e. The van der Waals surface area contributed by atoms with Gasteiger partial charge in [0.05, 0.1) is 13.1 Å². The Balaban J connectivity index is 2.10. The van der Waals surface area contributed by atoms with Gasteiger partial charge in [-0.1, -0.05) is 13.8 Å². The minimum Gasteiger partial charge on any atom is -0.465 e. The van der Waals surface area contributed by atoms with Gasteiger partial charge in [0.25, 0.3) is 0 Å².